The topological polar surface area (TPSA) is 83.9 Å². The SMILES string of the molecule is Cc1ccc(S(=O)(=O)N2CCOC(CC(=O)O)C2)cc1. The summed E-state index contributed by atoms with van der Waals surface area (Å²) in [5, 5.41) is 8.75. The average molecular weight is 299 g/mol. The van der Waals surface area contributed by atoms with Gasteiger partial charge in [-0.3, -0.25) is 4.79 Å². The van der Waals surface area contributed by atoms with Gasteiger partial charge in [0.15, 0.2) is 0 Å². The zero-order valence-electron chi connectivity index (χ0n) is 11.2. The number of aliphatic carboxylic acids is 1. The van der Waals surface area contributed by atoms with Gasteiger partial charge >= 0.3 is 5.97 Å². The Kier molecular flexibility index (Phi) is 4.42. The van der Waals surface area contributed by atoms with Gasteiger partial charge in [-0.1, -0.05) is 17.7 Å². The number of morpholine rings is 1. The van der Waals surface area contributed by atoms with Crippen LogP contribution in [-0.2, 0) is 19.6 Å². The van der Waals surface area contributed by atoms with E-state index in [1.54, 1.807) is 24.3 Å². The van der Waals surface area contributed by atoms with E-state index in [1.165, 1.54) is 4.31 Å². The minimum absolute atomic E-state index is 0.0719. The number of carboxylic acid groups (broad SMARTS) is 1. The van der Waals surface area contributed by atoms with Crippen molar-refractivity contribution in [2.45, 2.75) is 24.3 Å². The van der Waals surface area contributed by atoms with Gasteiger partial charge in [-0.15, -0.1) is 0 Å². The predicted octanol–water partition coefficient (Wildman–Crippen LogP) is 0.859. The summed E-state index contributed by atoms with van der Waals surface area (Å²) in [6, 6.07) is 6.60. The zero-order chi connectivity index (χ0) is 14.8. The molecule has 6 nitrogen and oxygen atoms in total. The Labute approximate surface area is 118 Å². The van der Waals surface area contributed by atoms with Gasteiger partial charge in [0.2, 0.25) is 10.0 Å². The Morgan fingerprint density at radius 2 is 2.05 bits per heavy atom. The van der Waals surface area contributed by atoms with E-state index in [4.69, 9.17) is 9.84 Å². The first kappa shape index (κ1) is 15.0. The van der Waals surface area contributed by atoms with Crippen LogP contribution < -0.4 is 0 Å². The molecule has 7 heteroatoms. The third-order valence-corrected chi connectivity index (χ3v) is 5.04. The molecule has 0 saturated carbocycles. The lowest BCUT2D eigenvalue weighted by Crippen LogP contribution is -2.46. The van der Waals surface area contributed by atoms with E-state index in [9.17, 15) is 13.2 Å². The van der Waals surface area contributed by atoms with E-state index < -0.39 is 22.1 Å². The second-order valence-corrected chi connectivity index (χ2v) is 6.70. The Bertz CT molecular complexity index is 581. The fraction of sp³-hybridized carbons (Fsp3) is 0.462. The first-order valence-corrected chi connectivity index (χ1v) is 7.74. The molecule has 0 aliphatic carbocycles. The van der Waals surface area contributed by atoms with E-state index >= 15 is 0 Å². The lowest BCUT2D eigenvalue weighted by atomic mass is 10.2. The molecule has 1 aliphatic heterocycles. The van der Waals surface area contributed by atoms with Crippen molar-refractivity contribution in [2.75, 3.05) is 19.7 Å². The Balaban J connectivity index is 2.16. The predicted molar refractivity (Wildman–Crippen MR) is 71.9 cm³/mol. The number of carboxylic acids is 1. The lowest BCUT2D eigenvalue weighted by Gasteiger charge is -2.31. The number of ether oxygens (including phenoxy) is 1. The number of rotatable bonds is 4. The highest BCUT2D eigenvalue weighted by atomic mass is 32.2. The van der Waals surface area contributed by atoms with Crippen LogP contribution in [0, 0.1) is 6.92 Å². The van der Waals surface area contributed by atoms with Gasteiger partial charge in [-0.25, -0.2) is 8.42 Å². The van der Waals surface area contributed by atoms with Crippen molar-refractivity contribution in [3.8, 4) is 0 Å². The van der Waals surface area contributed by atoms with Crippen molar-refractivity contribution in [1.82, 2.24) is 4.31 Å². The van der Waals surface area contributed by atoms with Gasteiger partial charge in [-0.05, 0) is 19.1 Å². The molecule has 110 valence electrons. The molecular formula is C13H17NO5S. The third-order valence-electron chi connectivity index (χ3n) is 3.16. The van der Waals surface area contributed by atoms with Crippen molar-refractivity contribution in [3.05, 3.63) is 29.8 Å². The number of hydrogen-bond acceptors (Lipinski definition) is 4. The van der Waals surface area contributed by atoms with Gasteiger partial charge in [0.05, 0.1) is 24.0 Å². The normalized spacial score (nSPS) is 20.8. The molecule has 1 fully saturated rings. The monoisotopic (exact) mass is 299 g/mol. The first-order valence-electron chi connectivity index (χ1n) is 6.30. The summed E-state index contributed by atoms with van der Waals surface area (Å²) in [7, 11) is -3.59. The molecule has 1 N–H and O–H groups in total. The molecular weight excluding hydrogens is 282 g/mol. The molecule has 0 spiro atoms. The van der Waals surface area contributed by atoms with Crippen LogP contribution in [0.3, 0.4) is 0 Å². The van der Waals surface area contributed by atoms with Crippen molar-refractivity contribution in [3.63, 3.8) is 0 Å². The quantitative estimate of drug-likeness (QED) is 0.891. The Morgan fingerprint density at radius 1 is 1.40 bits per heavy atom. The molecule has 2 rings (SSSR count). The van der Waals surface area contributed by atoms with Gasteiger partial charge < -0.3 is 9.84 Å². The minimum Gasteiger partial charge on any atom is -0.481 e. The molecule has 1 atom stereocenters. The summed E-state index contributed by atoms with van der Waals surface area (Å²) in [5.74, 6) is -0.996. The number of benzene rings is 1. The fourth-order valence-corrected chi connectivity index (χ4v) is 3.54. The van der Waals surface area contributed by atoms with Crippen LogP contribution in [0.1, 0.15) is 12.0 Å². The zero-order valence-corrected chi connectivity index (χ0v) is 12.0. The molecule has 0 radical (unpaired) electrons. The summed E-state index contributed by atoms with van der Waals surface area (Å²) in [6.45, 7) is 2.41. The maximum absolute atomic E-state index is 12.5. The van der Waals surface area contributed by atoms with Crippen LogP contribution in [-0.4, -0.2) is 49.6 Å². The second kappa shape index (κ2) is 5.90. The van der Waals surface area contributed by atoms with Crippen molar-refractivity contribution in [1.29, 1.82) is 0 Å². The maximum atomic E-state index is 12.5. The summed E-state index contributed by atoms with van der Waals surface area (Å²) < 4.78 is 31.5. The van der Waals surface area contributed by atoms with Crippen LogP contribution >= 0.6 is 0 Å². The molecule has 1 aliphatic rings. The van der Waals surface area contributed by atoms with E-state index in [1.807, 2.05) is 6.92 Å². The van der Waals surface area contributed by atoms with E-state index in [0.29, 0.717) is 0 Å². The van der Waals surface area contributed by atoms with Crippen LogP contribution in [0.25, 0.3) is 0 Å². The van der Waals surface area contributed by atoms with Gasteiger partial charge in [0.1, 0.15) is 0 Å². The Morgan fingerprint density at radius 3 is 2.65 bits per heavy atom. The molecule has 1 aromatic carbocycles. The third kappa shape index (κ3) is 3.36. The van der Waals surface area contributed by atoms with Crippen molar-refractivity contribution >= 4 is 16.0 Å². The summed E-state index contributed by atoms with van der Waals surface area (Å²) in [5.41, 5.74) is 0.981. The minimum atomic E-state index is -3.59. The molecule has 1 unspecified atom stereocenters. The van der Waals surface area contributed by atoms with Crippen LogP contribution in [0.2, 0.25) is 0 Å². The highest BCUT2D eigenvalue weighted by molar-refractivity contribution is 7.89. The summed E-state index contributed by atoms with van der Waals surface area (Å²) in [6.07, 6.45) is -0.790. The standard InChI is InChI=1S/C13H17NO5S/c1-10-2-4-12(5-3-10)20(17,18)14-6-7-19-11(9-14)8-13(15)16/h2-5,11H,6-9H2,1H3,(H,15,16). The summed E-state index contributed by atoms with van der Waals surface area (Å²) in [4.78, 5) is 10.9. The number of hydrogen-bond donors (Lipinski definition) is 1. The highest BCUT2D eigenvalue weighted by Gasteiger charge is 2.31. The van der Waals surface area contributed by atoms with Gasteiger partial charge in [0.25, 0.3) is 0 Å². The molecule has 0 bridgehead atoms. The van der Waals surface area contributed by atoms with Crippen LogP contribution in [0.15, 0.2) is 29.2 Å². The highest BCUT2D eigenvalue weighted by Crippen LogP contribution is 2.20. The number of nitrogens with zero attached hydrogens (tertiary/aromatic N) is 1. The molecule has 1 aromatic rings. The van der Waals surface area contributed by atoms with Gasteiger partial charge in [0, 0.05) is 13.1 Å². The van der Waals surface area contributed by atoms with E-state index in [2.05, 4.69) is 0 Å². The molecule has 0 amide bonds. The Hall–Kier alpha value is -1.44. The second-order valence-electron chi connectivity index (χ2n) is 4.77. The largest absolute Gasteiger partial charge is 0.481 e. The van der Waals surface area contributed by atoms with Gasteiger partial charge in [-0.2, -0.15) is 4.31 Å². The van der Waals surface area contributed by atoms with Crippen LogP contribution in [0.4, 0.5) is 0 Å². The molecule has 1 saturated heterocycles. The van der Waals surface area contributed by atoms with E-state index in [-0.39, 0.29) is 31.0 Å². The molecule has 1 heterocycles. The lowest BCUT2D eigenvalue weighted by molar-refractivity contribution is -0.141. The first-order chi connectivity index (χ1) is 9.39. The number of carbonyl (C=O) groups is 1. The molecule has 20 heavy (non-hydrogen) atoms. The van der Waals surface area contributed by atoms with E-state index in [0.717, 1.165) is 5.56 Å². The average Bonchev–Trinajstić information content (AvgIpc) is 2.39. The fourth-order valence-electron chi connectivity index (χ4n) is 2.09. The summed E-state index contributed by atoms with van der Waals surface area (Å²) >= 11 is 0. The molecule has 0 aromatic heterocycles. The maximum Gasteiger partial charge on any atom is 0.306 e. The number of sulfonamides is 1. The van der Waals surface area contributed by atoms with Crippen molar-refractivity contribution in [2.24, 2.45) is 0 Å². The van der Waals surface area contributed by atoms with Crippen molar-refractivity contribution < 1.29 is 23.1 Å². The van der Waals surface area contributed by atoms with Crippen LogP contribution in [0.5, 0.6) is 0 Å². The number of aryl methyl sites for hydroxylation is 1. The smallest absolute Gasteiger partial charge is 0.306 e.